The van der Waals surface area contributed by atoms with Crippen LogP contribution < -0.4 is 0 Å². The number of carboxylic acid groups (broad SMARTS) is 1. The minimum Gasteiger partial charge on any atom is -0.478 e. The van der Waals surface area contributed by atoms with E-state index < -0.39 is 17.5 Å². The van der Waals surface area contributed by atoms with E-state index in [2.05, 4.69) is 20.4 Å². The van der Waals surface area contributed by atoms with E-state index in [1.807, 2.05) is 6.92 Å². The molecule has 0 bridgehead atoms. The highest BCUT2D eigenvalue weighted by atomic mass is 16.4. The Labute approximate surface area is 97.2 Å². The SMILES string of the molecule is C=C(C(=O)O)C1(C)CCC(C(C)C)C(O)C1. The Hall–Kier alpha value is -0.830. The lowest BCUT2D eigenvalue weighted by Crippen LogP contribution is -2.39. The maximum Gasteiger partial charge on any atom is 0.331 e. The fraction of sp³-hybridized carbons (Fsp3) is 0.769. The molecule has 1 rings (SSSR count). The van der Waals surface area contributed by atoms with Crippen molar-refractivity contribution in [1.82, 2.24) is 0 Å². The molecule has 3 heteroatoms. The van der Waals surface area contributed by atoms with Crippen LogP contribution in [0.4, 0.5) is 0 Å². The maximum atomic E-state index is 10.9. The van der Waals surface area contributed by atoms with Crippen LogP contribution in [-0.4, -0.2) is 22.3 Å². The number of aliphatic hydroxyl groups excluding tert-OH is 1. The number of carbonyl (C=O) groups is 1. The second-order valence-electron chi connectivity index (χ2n) is 5.56. The molecule has 0 radical (unpaired) electrons. The van der Waals surface area contributed by atoms with Crippen LogP contribution in [0.3, 0.4) is 0 Å². The van der Waals surface area contributed by atoms with Gasteiger partial charge in [-0.2, -0.15) is 0 Å². The molecule has 2 N–H and O–H groups in total. The lowest BCUT2D eigenvalue weighted by Gasteiger charge is -2.42. The highest BCUT2D eigenvalue weighted by Crippen LogP contribution is 2.45. The van der Waals surface area contributed by atoms with Crippen molar-refractivity contribution in [2.45, 2.75) is 46.1 Å². The van der Waals surface area contributed by atoms with Gasteiger partial charge < -0.3 is 10.2 Å². The van der Waals surface area contributed by atoms with Gasteiger partial charge in [0.15, 0.2) is 0 Å². The van der Waals surface area contributed by atoms with Gasteiger partial charge in [0.1, 0.15) is 0 Å². The van der Waals surface area contributed by atoms with Crippen molar-refractivity contribution < 1.29 is 15.0 Å². The number of hydrogen-bond donors (Lipinski definition) is 2. The summed E-state index contributed by atoms with van der Waals surface area (Å²) >= 11 is 0. The zero-order valence-corrected chi connectivity index (χ0v) is 10.4. The zero-order chi connectivity index (χ0) is 12.5. The molecule has 0 aromatic rings. The van der Waals surface area contributed by atoms with Gasteiger partial charge in [0, 0.05) is 11.0 Å². The molecule has 0 amide bonds. The normalized spacial score (nSPS) is 35.1. The summed E-state index contributed by atoms with van der Waals surface area (Å²) in [5.41, 5.74) is -0.217. The van der Waals surface area contributed by atoms with E-state index in [-0.39, 0.29) is 11.5 Å². The van der Waals surface area contributed by atoms with E-state index in [1.165, 1.54) is 0 Å². The summed E-state index contributed by atoms with van der Waals surface area (Å²) in [5.74, 6) is -0.218. The van der Waals surface area contributed by atoms with E-state index in [1.54, 1.807) is 0 Å². The fourth-order valence-corrected chi connectivity index (χ4v) is 2.70. The van der Waals surface area contributed by atoms with Crippen LogP contribution in [0.5, 0.6) is 0 Å². The summed E-state index contributed by atoms with van der Waals surface area (Å²) in [5, 5.41) is 19.1. The predicted molar refractivity (Wildman–Crippen MR) is 63.1 cm³/mol. The monoisotopic (exact) mass is 226 g/mol. The molecule has 92 valence electrons. The number of aliphatic carboxylic acids is 1. The summed E-state index contributed by atoms with van der Waals surface area (Å²) in [4.78, 5) is 10.9. The third kappa shape index (κ3) is 2.46. The minimum atomic E-state index is -0.947. The van der Waals surface area contributed by atoms with Crippen molar-refractivity contribution >= 4 is 5.97 Å². The summed E-state index contributed by atoms with van der Waals surface area (Å²) in [6.45, 7) is 9.73. The Morgan fingerprint density at radius 1 is 1.50 bits per heavy atom. The quantitative estimate of drug-likeness (QED) is 0.727. The third-order valence-corrected chi connectivity index (χ3v) is 4.03. The first-order chi connectivity index (χ1) is 7.28. The van der Waals surface area contributed by atoms with Gasteiger partial charge in [-0.3, -0.25) is 0 Å². The van der Waals surface area contributed by atoms with Crippen molar-refractivity contribution in [3.8, 4) is 0 Å². The van der Waals surface area contributed by atoms with Crippen molar-refractivity contribution in [3.63, 3.8) is 0 Å². The topological polar surface area (TPSA) is 57.5 Å². The molecule has 0 aliphatic heterocycles. The number of hydrogen-bond acceptors (Lipinski definition) is 2. The summed E-state index contributed by atoms with van der Waals surface area (Å²) < 4.78 is 0. The first-order valence-electron chi connectivity index (χ1n) is 5.88. The van der Waals surface area contributed by atoms with Crippen LogP contribution in [0.2, 0.25) is 0 Å². The summed E-state index contributed by atoms with van der Waals surface area (Å²) in [7, 11) is 0. The smallest absolute Gasteiger partial charge is 0.331 e. The van der Waals surface area contributed by atoms with Crippen LogP contribution >= 0.6 is 0 Å². The molecule has 0 saturated heterocycles. The highest BCUT2D eigenvalue weighted by molar-refractivity contribution is 5.87. The summed E-state index contributed by atoms with van der Waals surface area (Å²) in [6, 6.07) is 0. The number of aliphatic hydroxyl groups is 1. The zero-order valence-electron chi connectivity index (χ0n) is 10.4. The van der Waals surface area contributed by atoms with Gasteiger partial charge in [-0.25, -0.2) is 4.79 Å². The molecule has 1 saturated carbocycles. The van der Waals surface area contributed by atoms with Gasteiger partial charge in [0.2, 0.25) is 0 Å². The van der Waals surface area contributed by atoms with Crippen LogP contribution in [0.25, 0.3) is 0 Å². The van der Waals surface area contributed by atoms with E-state index in [0.29, 0.717) is 12.3 Å². The predicted octanol–water partition coefficient (Wildman–Crippen LogP) is 2.45. The first kappa shape index (κ1) is 13.2. The van der Waals surface area contributed by atoms with Crippen LogP contribution in [0.15, 0.2) is 12.2 Å². The molecule has 0 aromatic heterocycles. The van der Waals surface area contributed by atoms with Gasteiger partial charge >= 0.3 is 5.97 Å². The van der Waals surface area contributed by atoms with E-state index in [4.69, 9.17) is 5.11 Å². The molecular formula is C13H22O3. The molecule has 1 fully saturated rings. The van der Waals surface area contributed by atoms with Gasteiger partial charge in [-0.15, -0.1) is 0 Å². The molecule has 16 heavy (non-hydrogen) atoms. The molecule has 0 spiro atoms. The molecule has 0 aromatic carbocycles. The Kier molecular flexibility index (Phi) is 3.79. The van der Waals surface area contributed by atoms with Gasteiger partial charge in [-0.05, 0) is 31.1 Å². The second-order valence-corrected chi connectivity index (χ2v) is 5.56. The Morgan fingerprint density at radius 3 is 2.44 bits per heavy atom. The van der Waals surface area contributed by atoms with Crippen molar-refractivity contribution in [3.05, 3.63) is 12.2 Å². The summed E-state index contributed by atoms with van der Waals surface area (Å²) in [6.07, 6.45) is 1.79. The molecule has 3 atom stereocenters. The lowest BCUT2D eigenvalue weighted by molar-refractivity contribution is -0.134. The number of carboxylic acids is 1. The van der Waals surface area contributed by atoms with Crippen molar-refractivity contribution in [1.29, 1.82) is 0 Å². The second kappa shape index (κ2) is 4.58. The van der Waals surface area contributed by atoms with Crippen LogP contribution in [0.1, 0.15) is 40.0 Å². The van der Waals surface area contributed by atoms with Gasteiger partial charge in [-0.1, -0.05) is 27.4 Å². The molecule has 3 nitrogen and oxygen atoms in total. The van der Waals surface area contributed by atoms with Crippen LogP contribution in [0, 0.1) is 17.3 Å². The molecular weight excluding hydrogens is 204 g/mol. The molecule has 0 heterocycles. The van der Waals surface area contributed by atoms with Gasteiger partial charge in [0.25, 0.3) is 0 Å². The Balaban J connectivity index is 2.76. The standard InChI is InChI=1S/C13H22O3/c1-8(2)10-5-6-13(4,7-11(10)14)9(3)12(15)16/h8,10-11,14H,3,5-7H2,1-2,4H3,(H,15,16). The van der Waals surface area contributed by atoms with E-state index >= 15 is 0 Å². The van der Waals surface area contributed by atoms with E-state index in [0.717, 1.165) is 12.8 Å². The Morgan fingerprint density at radius 2 is 2.06 bits per heavy atom. The molecule has 1 aliphatic carbocycles. The largest absolute Gasteiger partial charge is 0.478 e. The first-order valence-corrected chi connectivity index (χ1v) is 5.88. The third-order valence-electron chi connectivity index (χ3n) is 4.03. The van der Waals surface area contributed by atoms with Crippen molar-refractivity contribution in [2.24, 2.45) is 17.3 Å². The lowest BCUT2D eigenvalue weighted by atomic mass is 9.64. The highest BCUT2D eigenvalue weighted by Gasteiger charge is 2.41. The minimum absolute atomic E-state index is 0.230. The van der Waals surface area contributed by atoms with Gasteiger partial charge in [0.05, 0.1) is 6.10 Å². The van der Waals surface area contributed by atoms with Crippen LogP contribution in [-0.2, 0) is 4.79 Å². The average molecular weight is 226 g/mol. The molecule has 1 aliphatic rings. The number of rotatable bonds is 3. The maximum absolute atomic E-state index is 10.9. The molecule has 3 unspecified atom stereocenters. The average Bonchev–Trinajstić information content (AvgIpc) is 2.15. The van der Waals surface area contributed by atoms with E-state index in [9.17, 15) is 9.90 Å². The Bertz CT molecular complexity index is 296. The fourth-order valence-electron chi connectivity index (χ4n) is 2.70. The van der Waals surface area contributed by atoms with Crippen molar-refractivity contribution in [2.75, 3.05) is 0 Å².